The molecule has 0 aromatic heterocycles. The molecule has 21 heavy (non-hydrogen) atoms. The molecule has 2 heterocycles. The van der Waals surface area contributed by atoms with Crippen LogP contribution in [0.3, 0.4) is 0 Å². The third kappa shape index (κ3) is 2.26. The quantitative estimate of drug-likeness (QED) is 0.705. The first-order chi connectivity index (χ1) is 10.2. The molecule has 1 aromatic rings. The van der Waals surface area contributed by atoms with Gasteiger partial charge >= 0.3 is 0 Å². The number of allylic oxidation sites excluding steroid dienone is 2. The number of benzene rings is 1. The molecule has 1 aliphatic carbocycles. The van der Waals surface area contributed by atoms with E-state index in [2.05, 4.69) is 57.2 Å². The number of hydrogen-bond acceptors (Lipinski definition) is 1. The standard InChI is InChI=1S/C18H20BrNO/c19-14-6-3-12(4-7-14)15-8-5-13-2-1-10-20-11-9-16(15)17(13)18(20)21/h3-8,13,15-17H,1-2,9-11H2/t13-,15-,16-,17-/m1/s1. The first-order valence-electron chi connectivity index (χ1n) is 7.96. The van der Waals surface area contributed by atoms with Gasteiger partial charge in [-0.2, -0.15) is 0 Å². The van der Waals surface area contributed by atoms with Crippen LogP contribution in [0, 0.1) is 17.8 Å². The predicted octanol–water partition coefficient (Wildman–Crippen LogP) is 3.98. The number of rotatable bonds is 1. The number of carbonyl (C=O) groups is 1. The highest BCUT2D eigenvalue weighted by atomic mass is 79.9. The number of hydrogen-bond donors (Lipinski definition) is 0. The predicted molar refractivity (Wildman–Crippen MR) is 86.9 cm³/mol. The molecule has 2 bridgehead atoms. The lowest BCUT2D eigenvalue weighted by molar-refractivity contribution is -0.142. The van der Waals surface area contributed by atoms with E-state index in [1.807, 2.05) is 0 Å². The molecular formula is C18H20BrNO. The van der Waals surface area contributed by atoms with Crippen molar-refractivity contribution in [3.63, 3.8) is 0 Å². The number of piperidine rings is 1. The van der Waals surface area contributed by atoms with E-state index in [9.17, 15) is 4.79 Å². The molecule has 4 atom stereocenters. The summed E-state index contributed by atoms with van der Waals surface area (Å²) in [7, 11) is 0. The van der Waals surface area contributed by atoms with Gasteiger partial charge in [0.1, 0.15) is 0 Å². The molecule has 2 fully saturated rings. The molecule has 0 radical (unpaired) electrons. The van der Waals surface area contributed by atoms with Crippen LogP contribution in [0.25, 0.3) is 0 Å². The normalized spacial score (nSPS) is 34.7. The number of halogens is 1. The van der Waals surface area contributed by atoms with E-state index in [-0.39, 0.29) is 5.92 Å². The zero-order valence-corrected chi connectivity index (χ0v) is 13.6. The van der Waals surface area contributed by atoms with Crippen molar-refractivity contribution in [3.05, 3.63) is 46.5 Å². The maximum atomic E-state index is 12.8. The molecule has 2 saturated heterocycles. The fourth-order valence-electron chi connectivity index (χ4n) is 4.48. The summed E-state index contributed by atoms with van der Waals surface area (Å²) in [5.41, 5.74) is 1.35. The van der Waals surface area contributed by atoms with E-state index in [0.29, 0.717) is 23.7 Å². The molecule has 4 rings (SSSR count). The molecule has 2 nitrogen and oxygen atoms in total. The summed E-state index contributed by atoms with van der Waals surface area (Å²) in [5, 5.41) is 0. The summed E-state index contributed by atoms with van der Waals surface area (Å²) < 4.78 is 1.12. The molecule has 0 spiro atoms. The van der Waals surface area contributed by atoms with E-state index in [0.717, 1.165) is 30.4 Å². The van der Waals surface area contributed by atoms with Crippen LogP contribution < -0.4 is 0 Å². The van der Waals surface area contributed by atoms with Crippen LogP contribution >= 0.6 is 15.9 Å². The molecule has 3 heteroatoms. The van der Waals surface area contributed by atoms with Gasteiger partial charge in [0.05, 0.1) is 0 Å². The van der Waals surface area contributed by atoms with Crippen LogP contribution in [-0.4, -0.2) is 23.9 Å². The third-order valence-corrected chi connectivity index (χ3v) is 6.03. The van der Waals surface area contributed by atoms with Gasteiger partial charge in [-0.3, -0.25) is 4.79 Å². The Balaban J connectivity index is 1.72. The Hall–Kier alpha value is -1.09. The molecule has 1 aromatic carbocycles. The third-order valence-electron chi connectivity index (χ3n) is 5.50. The Bertz CT molecular complexity index is 579. The van der Waals surface area contributed by atoms with E-state index in [1.165, 1.54) is 12.0 Å². The first-order valence-corrected chi connectivity index (χ1v) is 8.76. The zero-order valence-electron chi connectivity index (χ0n) is 12.0. The molecule has 0 N–H and O–H groups in total. The van der Waals surface area contributed by atoms with Gasteiger partial charge < -0.3 is 4.90 Å². The number of fused-ring (bicyclic) bond motifs is 1. The highest BCUT2D eigenvalue weighted by Gasteiger charge is 2.46. The van der Waals surface area contributed by atoms with Gasteiger partial charge in [-0.1, -0.05) is 40.2 Å². The Morgan fingerprint density at radius 3 is 2.67 bits per heavy atom. The molecule has 110 valence electrons. The number of nitrogens with zero attached hydrogens (tertiary/aromatic N) is 1. The second-order valence-electron chi connectivity index (χ2n) is 6.57. The zero-order chi connectivity index (χ0) is 14.4. The van der Waals surface area contributed by atoms with Crippen molar-refractivity contribution < 1.29 is 4.79 Å². The molecule has 2 aliphatic heterocycles. The molecular weight excluding hydrogens is 326 g/mol. The van der Waals surface area contributed by atoms with Crippen molar-refractivity contribution in [1.82, 2.24) is 4.90 Å². The van der Waals surface area contributed by atoms with E-state index in [4.69, 9.17) is 0 Å². The average Bonchev–Trinajstić information content (AvgIpc) is 2.61. The second kappa shape index (κ2) is 5.28. The van der Waals surface area contributed by atoms with Crippen LogP contribution in [0.5, 0.6) is 0 Å². The average molecular weight is 346 g/mol. The van der Waals surface area contributed by atoms with Gasteiger partial charge in [-0.25, -0.2) is 0 Å². The monoisotopic (exact) mass is 345 g/mol. The van der Waals surface area contributed by atoms with Crippen molar-refractivity contribution in [1.29, 1.82) is 0 Å². The van der Waals surface area contributed by atoms with Gasteiger partial charge in [-0.15, -0.1) is 0 Å². The smallest absolute Gasteiger partial charge is 0.226 e. The fraction of sp³-hybridized carbons (Fsp3) is 0.500. The van der Waals surface area contributed by atoms with Crippen molar-refractivity contribution in [3.8, 4) is 0 Å². The van der Waals surface area contributed by atoms with Crippen LogP contribution in [0.2, 0.25) is 0 Å². The van der Waals surface area contributed by atoms with Crippen LogP contribution in [0.15, 0.2) is 40.9 Å². The second-order valence-corrected chi connectivity index (χ2v) is 7.49. The van der Waals surface area contributed by atoms with E-state index >= 15 is 0 Å². The molecule has 1 amide bonds. The number of carbonyl (C=O) groups excluding carboxylic acids is 1. The van der Waals surface area contributed by atoms with Crippen molar-refractivity contribution in [2.45, 2.75) is 25.2 Å². The topological polar surface area (TPSA) is 20.3 Å². The maximum absolute atomic E-state index is 12.8. The molecule has 0 saturated carbocycles. The van der Waals surface area contributed by atoms with Gasteiger partial charge in [0, 0.05) is 29.4 Å². The minimum Gasteiger partial charge on any atom is -0.342 e. The van der Waals surface area contributed by atoms with Crippen molar-refractivity contribution >= 4 is 21.8 Å². The Morgan fingerprint density at radius 1 is 1.05 bits per heavy atom. The summed E-state index contributed by atoms with van der Waals surface area (Å²) in [5.74, 6) is 2.01. The van der Waals surface area contributed by atoms with Gasteiger partial charge in [-0.05, 0) is 48.8 Å². The largest absolute Gasteiger partial charge is 0.342 e. The van der Waals surface area contributed by atoms with Crippen LogP contribution in [0.1, 0.15) is 30.7 Å². The SMILES string of the molecule is O=C1[C@H]2[C@@H]3CCN1CCC[C@@H]2C=C[C@@H]3c1ccc(Br)cc1. The summed E-state index contributed by atoms with van der Waals surface area (Å²) in [6.07, 6.45) is 8.20. The summed E-state index contributed by atoms with van der Waals surface area (Å²) in [6, 6.07) is 8.62. The highest BCUT2D eigenvalue weighted by Crippen LogP contribution is 2.47. The van der Waals surface area contributed by atoms with Gasteiger partial charge in [0.15, 0.2) is 0 Å². The van der Waals surface area contributed by atoms with Gasteiger partial charge in [0.2, 0.25) is 5.91 Å². The maximum Gasteiger partial charge on any atom is 0.226 e. The Kier molecular flexibility index (Phi) is 3.41. The lowest BCUT2D eigenvalue weighted by Crippen LogP contribution is -2.48. The minimum atomic E-state index is 0.222. The Morgan fingerprint density at radius 2 is 1.86 bits per heavy atom. The van der Waals surface area contributed by atoms with E-state index in [1.54, 1.807) is 0 Å². The Labute approximate surface area is 134 Å². The van der Waals surface area contributed by atoms with Gasteiger partial charge in [0.25, 0.3) is 0 Å². The lowest BCUT2D eigenvalue weighted by atomic mass is 9.65. The summed E-state index contributed by atoms with van der Waals surface area (Å²) in [6.45, 7) is 1.92. The van der Waals surface area contributed by atoms with Crippen molar-refractivity contribution in [2.24, 2.45) is 17.8 Å². The molecule has 0 unspecified atom stereocenters. The summed E-state index contributed by atoms with van der Waals surface area (Å²) in [4.78, 5) is 14.9. The summed E-state index contributed by atoms with van der Waals surface area (Å²) >= 11 is 3.51. The van der Waals surface area contributed by atoms with Crippen LogP contribution in [0.4, 0.5) is 0 Å². The molecule has 3 aliphatic rings. The van der Waals surface area contributed by atoms with Crippen LogP contribution in [-0.2, 0) is 4.79 Å². The highest BCUT2D eigenvalue weighted by molar-refractivity contribution is 9.10. The lowest BCUT2D eigenvalue weighted by Gasteiger charge is -2.43. The first kappa shape index (κ1) is 13.6. The fourth-order valence-corrected chi connectivity index (χ4v) is 4.74. The number of amides is 1. The van der Waals surface area contributed by atoms with E-state index < -0.39 is 0 Å². The van der Waals surface area contributed by atoms with Crippen molar-refractivity contribution in [2.75, 3.05) is 13.1 Å². The minimum absolute atomic E-state index is 0.222.